The van der Waals surface area contributed by atoms with Gasteiger partial charge in [0.15, 0.2) is 11.9 Å². The number of carbonyl (C=O) groups excluding carboxylic acids is 1. The molecule has 5 rings (SSSR count). The molecule has 0 saturated carbocycles. The number of thiophene rings is 1. The van der Waals surface area contributed by atoms with Gasteiger partial charge in [-0.3, -0.25) is 14.2 Å². The topological polar surface area (TPSA) is 107 Å². The summed E-state index contributed by atoms with van der Waals surface area (Å²) >= 11 is 1.44. The van der Waals surface area contributed by atoms with Crippen molar-refractivity contribution in [3.63, 3.8) is 0 Å². The summed E-state index contributed by atoms with van der Waals surface area (Å²) in [5.41, 5.74) is 1.40. The van der Waals surface area contributed by atoms with Crippen molar-refractivity contribution in [2.45, 2.75) is 59.1 Å². The lowest BCUT2D eigenvalue weighted by Gasteiger charge is -2.13. The number of benzene rings is 1. The zero-order chi connectivity index (χ0) is 23.3. The lowest BCUT2D eigenvalue weighted by Crippen LogP contribution is -2.24. The molecule has 1 N–H and O–H groups in total. The van der Waals surface area contributed by atoms with E-state index in [1.54, 1.807) is 29.7 Å². The zero-order valence-corrected chi connectivity index (χ0v) is 19.5. The number of hydrogen-bond acceptors (Lipinski definition) is 7. The van der Waals surface area contributed by atoms with Crippen molar-refractivity contribution in [2.24, 2.45) is 0 Å². The molecule has 1 atom stereocenters. The van der Waals surface area contributed by atoms with Crippen LogP contribution in [0.1, 0.15) is 64.7 Å². The Kier molecular flexibility index (Phi) is 5.36. The molecule has 0 amide bonds. The second-order valence-electron chi connectivity index (χ2n) is 8.49. The van der Waals surface area contributed by atoms with E-state index in [1.165, 1.54) is 11.3 Å². The average molecular weight is 465 g/mol. The van der Waals surface area contributed by atoms with E-state index in [1.807, 2.05) is 13.8 Å². The highest BCUT2D eigenvalue weighted by molar-refractivity contribution is 7.18. The number of aromatic nitrogens is 4. The highest BCUT2D eigenvalue weighted by atomic mass is 32.1. The third-order valence-electron chi connectivity index (χ3n) is 6.28. The first-order valence-electron chi connectivity index (χ1n) is 11.1. The molecule has 0 aliphatic carbocycles. The molecule has 4 heterocycles. The van der Waals surface area contributed by atoms with Gasteiger partial charge in [0.05, 0.1) is 21.9 Å². The molecule has 0 bridgehead atoms. The molecule has 1 aliphatic rings. The van der Waals surface area contributed by atoms with Gasteiger partial charge in [-0.2, -0.15) is 0 Å². The Balaban J connectivity index is 1.45. The van der Waals surface area contributed by atoms with Crippen LogP contribution in [0, 0.1) is 13.8 Å². The van der Waals surface area contributed by atoms with Gasteiger partial charge < -0.3 is 9.72 Å². The number of nitrogens with zero attached hydrogens (tertiary/aromatic N) is 3. The van der Waals surface area contributed by atoms with Crippen LogP contribution in [-0.2, 0) is 17.7 Å². The fraction of sp³-hybridized carbons (Fsp3) is 0.375. The van der Waals surface area contributed by atoms with Crippen LogP contribution in [0.25, 0.3) is 21.1 Å². The van der Waals surface area contributed by atoms with Gasteiger partial charge in [0.1, 0.15) is 10.7 Å². The van der Waals surface area contributed by atoms with E-state index in [2.05, 4.69) is 15.0 Å². The summed E-state index contributed by atoms with van der Waals surface area (Å²) in [6, 6.07) is 4.81. The SMILES string of the molecule is Cc1sc2nc(C(C)OC(=O)c3ccc4c(=O)n5c(nc4c3)CCCCC5)[nH]c(=O)c2c1C. The standard InChI is InChI=1S/C24H24N4O4S/c1-12-14(3)33-22-19(12)21(29)26-20(27-22)13(2)32-24(31)15-8-9-16-17(11-15)25-18-7-5-4-6-10-28(18)23(16)30/h8-9,11,13H,4-7,10H2,1-3H3,(H,26,27,29). The minimum Gasteiger partial charge on any atom is -0.451 e. The van der Waals surface area contributed by atoms with Gasteiger partial charge >= 0.3 is 5.97 Å². The molecule has 0 radical (unpaired) electrons. The van der Waals surface area contributed by atoms with Crippen LogP contribution in [-0.4, -0.2) is 25.5 Å². The molecular weight excluding hydrogens is 440 g/mol. The molecular formula is C24H24N4O4S. The third kappa shape index (κ3) is 3.76. The van der Waals surface area contributed by atoms with Crippen LogP contribution in [0.15, 0.2) is 27.8 Å². The number of fused-ring (bicyclic) bond motifs is 3. The van der Waals surface area contributed by atoms with Gasteiger partial charge in [-0.05, 0) is 57.4 Å². The number of aromatic amines is 1. The normalized spacial score (nSPS) is 14.8. The fourth-order valence-electron chi connectivity index (χ4n) is 4.29. The number of hydrogen-bond donors (Lipinski definition) is 1. The van der Waals surface area contributed by atoms with E-state index in [4.69, 9.17) is 4.74 Å². The smallest absolute Gasteiger partial charge is 0.338 e. The quantitative estimate of drug-likeness (QED) is 0.460. The molecule has 0 spiro atoms. The van der Waals surface area contributed by atoms with E-state index in [0.29, 0.717) is 39.1 Å². The van der Waals surface area contributed by atoms with Crippen molar-refractivity contribution >= 4 is 38.4 Å². The average Bonchev–Trinajstić information content (AvgIpc) is 2.94. The minimum absolute atomic E-state index is 0.0678. The lowest BCUT2D eigenvalue weighted by molar-refractivity contribution is 0.0320. The van der Waals surface area contributed by atoms with E-state index in [9.17, 15) is 14.4 Å². The third-order valence-corrected chi connectivity index (χ3v) is 7.38. The molecule has 3 aromatic heterocycles. The molecule has 0 saturated heterocycles. The first kappa shape index (κ1) is 21.5. The van der Waals surface area contributed by atoms with Crippen molar-refractivity contribution in [3.8, 4) is 0 Å². The maximum Gasteiger partial charge on any atom is 0.338 e. The second-order valence-corrected chi connectivity index (χ2v) is 9.69. The number of ether oxygens (including phenoxy) is 1. The Bertz CT molecular complexity index is 1530. The minimum atomic E-state index is -0.751. The van der Waals surface area contributed by atoms with E-state index in [-0.39, 0.29) is 11.1 Å². The maximum atomic E-state index is 12.9. The number of H-pyrrole nitrogens is 1. The van der Waals surface area contributed by atoms with Gasteiger partial charge in [-0.25, -0.2) is 14.8 Å². The Morgan fingerprint density at radius 3 is 2.82 bits per heavy atom. The van der Waals surface area contributed by atoms with Crippen molar-refractivity contribution in [2.75, 3.05) is 0 Å². The molecule has 9 heteroatoms. The number of rotatable bonds is 3. The maximum absolute atomic E-state index is 12.9. The highest BCUT2D eigenvalue weighted by Gasteiger charge is 2.20. The van der Waals surface area contributed by atoms with Crippen LogP contribution >= 0.6 is 11.3 Å². The van der Waals surface area contributed by atoms with E-state index in [0.717, 1.165) is 41.9 Å². The van der Waals surface area contributed by atoms with E-state index >= 15 is 0 Å². The Labute approximate surface area is 193 Å². The van der Waals surface area contributed by atoms with Crippen molar-refractivity contribution < 1.29 is 9.53 Å². The number of aryl methyl sites for hydroxylation is 3. The summed E-state index contributed by atoms with van der Waals surface area (Å²) in [6.45, 7) is 6.19. The van der Waals surface area contributed by atoms with Gasteiger partial charge in [-0.15, -0.1) is 11.3 Å². The van der Waals surface area contributed by atoms with Gasteiger partial charge in [0.25, 0.3) is 11.1 Å². The Hall–Kier alpha value is -3.33. The predicted octanol–water partition coefficient (Wildman–Crippen LogP) is 3.96. The summed E-state index contributed by atoms with van der Waals surface area (Å²) in [7, 11) is 0. The molecule has 1 aromatic carbocycles. The van der Waals surface area contributed by atoms with Crippen LogP contribution in [0.3, 0.4) is 0 Å². The van der Waals surface area contributed by atoms with Gasteiger partial charge in [0, 0.05) is 17.8 Å². The van der Waals surface area contributed by atoms with Crippen LogP contribution in [0.2, 0.25) is 0 Å². The number of nitrogens with one attached hydrogen (secondary N) is 1. The van der Waals surface area contributed by atoms with Crippen molar-refractivity contribution in [1.29, 1.82) is 0 Å². The summed E-state index contributed by atoms with van der Waals surface area (Å²) in [5.74, 6) is 0.493. The molecule has 170 valence electrons. The molecule has 33 heavy (non-hydrogen) atoms. The molecule has 0 fully saturated rings. The summed E-state index contributed by atoms with van der Waals surface area (Å²) in [6.07, 6.45) is 3.03. The zero-order valence-electron chi connectivity index (χ0n) is 18.7. The first-order valence-corrected chi connectivity index (χ1v) is 11.9. The Morgan fingerprint density at radius 1 is 1.18 bits per heavy atom. The van der Waals surface area contributed by atoms with Crippen molar-refractivity contribution in [1.82, 2.24) is 19.5 Å². The summed E-state index contributed by atoms with van der Waals surface area (Å²) in [5, 5.41) is 1.07. The Morgan fingerprint density at radius 2 is 2.00 bits per heavy atom. The molecule has 1 unspecified atom stereocenters. The van der Waals surface area contributed by atoms with Crippen LogP contribution < -0.4 is 11.1 Å². The summed E-state index contributed by atoms with van der Waals surface area (Å²) in [4.78, 5) is 51.9. The monoisotopic (exact) mass is 464 g/mol. The number of carbonyl (C=O) groups is 1. The van der Waals surface area contributed by atoms with Crippen molar-refractivity contribution in [3.05, 3.63) is 66.6 Å². The van der Waals surface area contributed by atoms with Gasteiger partial charge in [0.2, 0.25) is 0 Å². The lowest BCUT2D eigenvalue weighted by atomic mass is 10.1. The molecule has 8 nitrogen and oxygen atoms in total. The summed E-state index contributed by atoms with van der Waals surface area (Å²) < 4.78 is 7.35. The second kappa shape index (κ2) is 8.22. The first-order chi connectivity index (χ1) is 15.8. The molecule has 1 aliphatic heterocycles. The predicted molar refractivity (Wildman–Crippen MR) is 127 cm³/mol. The number of esters is 1. The fourth-order valence-corrected chi connectivity index (χ4v) is 5.33. The van der Waals surface area contributed by atoms with Crippen LogP contribution in [0.4, 0.5) is 0 Å². The van der Waals surface area contributed by atoms with Crippen LogP contribution in [0.5, 0.6) is 0 Å². The highest BCUT2D eigenvalue weighted by Crippen LogP contribution is 2.27. The van der Waals surface area contributed by atoms with Gasteiger partial charge in [-0.1, -0.05) is 6.42 Å². The molecule has 4 aromatic rings. The van der Waals surface area contributed by atoms with E-state index < -0.39 is 12.1 Å². The largest absolute Gasteiger partial charge is 0.451 e.